The molecule has 5 heteroatoms. The Morgan fingerprint density at radius 2 is 1.91 bits per heavy atom. The fourth-order valence-corrected chi connectivity index (χ4v) is 0.472. The van der Waals surface area contributed by atoms with Crippen molar-refractivity contribution in [3.63, 3.8) is 0 Å². The van der Waals surface area contributed by atoms with Crippen LogP contribution in [0.1, 0.15) is 6.92 Å². The van der Waals surface area contributed by atoms with Gasteiger partial charge in [-0.15, -0.1) is 0 Å². The third kappa shape index (κ3) is 2.75. The van der Waals surface area contributed by atoms with Gasteiger partial charge in [0.05, 0.1) is 12.6 Å². The summed E-state index contributed by atoms with van der Waals surface area (Å²) in [6, 6.07) is -0.927. The lowest BCUT2D eigenvalue weighted by molar-refractivity contribution is -0.143. The maximum absolute atomic E-state index is 10.7. The molecule has 64 valence electrons. The van der Waals surface area contributed by atoms with Crippen LogP contribution in [-0.4, -0.2) is 40.5 Å². The van der Waals surface area contributed by atoms with Gasteiger partial charge < -0.3 is 15.9 Å². The van der Waals surface area contributed by atoms with Crippen molar-refractivity contribution < 1.29 is 19.8 Å². The van der Waals surface area contributed by atoms with E-state index in [1.54, 1.807) is 0 Å². The van der Waals surface area contributed by atoms with Gasteiger partial charge in [-0.1, -0.05) is 0 Å². The molecule has 0 aliphatic heterocycles. The van der Waals surface area contributed by atoms with Crippen molar-refractivity contribution in [1.82, 2.24) is 0 Å². The van der Waals surface area contributed by atoms with E-state index >= 15 is 0 Å². The van der Waals surface area contributed by atoms with Crippen molar-refractivity contribution in [1.29, 1.82) is 0 Å². The molecule has 0 saturated heterocycles. The van der Waals surface area contributed by atoms with Crippen molar-refractivity contribution in [3.05, 3.63) is 0 Å². The van der Waals surface area contributed by atoms with Crippen molar-refractivity contribution in [2.75, 3.05) is 6.61 Å². The highest BCUT2D eigenvalue weighted by molar-refractivity contribution is 6.40. The van der Waals surface area contributed by atoms with Crippen LogP contribution in [0.25, 0.3) is 0 Å². The van der Waals surface area contributed by atoms with Gasteiger partial charge in [0, 0.05) is 0 Å². The standard InChI is InChI=1S/C6H11NO4/c1-3(7)5(10)6(11)4(9)2-8/h3-4,8-9H,2,7H2,1H3. The molecule has 0 saturated carbocycles. The lowest BCUT2D eigenvalue weighted by Gasteiger charge is -2.06. The monoisotopic (exact) mass is 161 g/mol. The number of rotatable bonds is 4. The number of aliphatic hydroxyl groups excluding tert-OH is 2. The van der Waals surface area contributed by atoms with Crippen LogP contribution in [0.4, 0.5) is 0 Å². The summed E-state index contributed by atoms with van der Waals surface area (Å²) in [5.74, 6) is -1.91. The Hall–Kier alpha value is -0.780. The van der Waals surface area contributed by atoms with Gasteiger partial charge in [0.15, 0.2) is 0 Å². The van der Waals surface area contributed by atoms with Crippen molar-refractivity contribution in [2.45, 2.75) is 19.1 Å². The molecule has 0 bridgehead atoms. The average molecular weight is 161 g/mol. The molecule has 0 amide bonds. The van der Waals surface area contributed by atoms with E-state index in [-0.39, 0.29) is 0 Å². The first-order valence-electron chi connectivity index (χ1n) is 3.13. The van der Waals surface area contributed by atoms with E-state index in [4.69, 9.17) is 15.9 Å². The molecular weight excluding hydrogens is 150 g/mol. The molecule has 0 spiro atoms. The molecule has 5 nitrogen and oxygen atoms in total. The molecule has 2 unspecified atom stereocenters. The van der Waals surface area contributed by atoms with E-state index in [9.17, 15) is 9.59 Å². The first-order chi connectivity index (χ1) is 5.00. The third-order valence-corrected chi connectivity index (χ3v) is 1.13. The van der Waals surface area contributed by atoms with Gasteiger partial charge in [0.2, 0.25) is 11.6 Å². The van der Waals surface area contributed by atoms with E-state index in [0.29, 0.717) is 0 Å². The Labute approximate surface area is 63.8 Å². The lowest BCUT2D eigenvalue weighted by atomic mass is 10.1. The normalized spacial score (nSPS) is 15.6. The van der Waals surface area contributed by atoms with Crippen LogP contribution in [-0.2, 0) is 9.59 Å². The van der Waals surface area contributed by atoms with Gasteiger partial charge in [-0.05, 0) is 6.92 Å². The summed E-state index contributed by atoms with van der Waals surface area (Å²) in [7, 11) is 0. The van der Waals surface area contributed by atoms with E-state index in [0.717, 1.165) is 0 Å². The highest BCUT2D eigenvalue weighted by Gasteiger charge is 2.24. The third-order valence-electron chi connectivity index (χ3n) is 1.13. The van der Waals surface area contributed by atoms with E-state index in [1.807, 2.05) is 0 Å². The second-order valence-electron chi connectivity index (χ2n) is 2.22. The van der Waals surface area contributed by atoms with Gasteiger partial charge in [-0.3, -0.25) is 9.59 Å². The Bertz CT molecular complexity index is 166. The topological polar surface area (TPSA) is 101 Å². The molecule has 0 aliphatic carbocycles. The van der Waals surface area contributed by atoms with Gasteiger partial charge in [0.1, 0.15) is 6.10 Å². The fraction of sp³-hybridized carbons (Fsp3) is 0.667. The molecule has 0 radical (unpaired) electrons. The van der Waals surface area contributed by atoms with E-state index in [1.165, 1.54) is 6.92 Å². The number of hydrogen-bond donors (Lipinski definition) is 3. The summed E-state index contributed by atoms with van der Waals surface area (Å²) in [4.78, 5) is 21.4. The largest absolute Gasteiger partial charge is 0.393 e. The fourth-order valence-electron chi connectivity index (χ4n) is 0.472. The molecule has 0 rings (SSSR count). The second kappa shape index (κ2) is 4.17. The molecule has 0 heterocycles. The zero-order chi connectivity index (χ0) is 9.02. The van der Waals surface area contributed by atoms with Gasteiger partial charge in [-0.25, -0.2) is 0 Å². The van der Waals surface area contributed by atoms with E-state index in [2.05, 4.69) is 0 Å². The molecule has 2 atom stereocenters. The SMILES string of the molecule is CC(N)C(=O)C(=O)C(O)CO. The Morgan fingerprint density at radius 3 is 2.18 bits per heavy atom. The van der Waals surface area contributed by atoms with Crippen LogP contribution in [0.15, 0.2) is 0 Å². The number of ketones is 2. The van der Waals surface area contributed by atoms with Crippen LogP contribution in [0, 0.1) is 0 Å². The number of nitrogens with two attached hydrogens (primary N) is 1. The van der Waals surface area contributed by atoms with E-state index < -0.39 is 30.3 Å². The maximum atomic E-state index is 10.7. The molecule has 0 aromatic rings. The number of hydrogen-bond acceptors (Lipinski definition) is 5. The first-order valence-corrected chi connectivity index (χ1v) is 3.13. The first kappa shape index (κ1) is 10.2. The minimum absolute atomic E-state index is 0.753. The smallest absolute Gasteiger partial charge is 0.230 e. The summed E-state index contributed by atoms with van der Waals surface area (Å²) in [5, 5.41) is 16.9. The Balaban J connectivity index is 4.14. The second-order valence-corrected chi connectivity index (χ2v) is 2.22. The zero-order valence-electron chi connectivity index (χ0n) is 6.15. The molecule has 0 aromatic carbocycles. The average Bonchev–Trinajstić information content (AvgIpc) is 2.00. The Kier molecular flexibility index (Phi) is 3.88. The lowest BCUT2D eigenvalue weighted by Crippen LogP contribution is -2.40. The number of aliphatic hydroxyl groups is 2. The molecule has 4 N–H and O–H groups in total. The molecular formula is C6H11NO4. The molecule has 0 aromatic heterocycles. The zero-order valence-corrected chi connectivity index (χ0v) is 6.15. The van der Waals surface area contributed by atoms with Crippen molar-refractivity contribution in [3.8, 4) is 0 Å². The van der Waals surface area contributed by atoms with Crippen LogP contribution >= 0.6 is 0 Å². The summed E-state index contributed by atoms with van der Waals surface area (Å²) in [5.41, 5.74) is 5.07. The van der Waals surface area contributed by atoms with Crippen LogP contribution in [0.5, 0.6) is 0 Å². The summed E-state index contributed by atoms with van der Waals surface area (Å²) >= 11 is 0. The highest BCUT2D eigenvalue weighted by Crippen LogP contribution is 1.89. The van der Waals surface area contributed by atoms with Gasteiger partial charge >= 0.3 is 0 Å². The summed E-state index contributed by atoms with van der Waals surface area (Å²) < 4.78 is 0. The minimum Gasteiger partial charge on any atom is -0.393 e. The van der Waals surface area contributed by atoms with Gasteiger partial charge in [0.25, 0.3) is 0 Å². The number of carbonyl (C=O) groups excluding carboxylic acids is 2. The van der Waals surface area contributed by atoms with Crippen LogP contribution < -0.4 is 5.73 Å². The quantitative estimate of drug-likeness (QED) is 0.407. The predicted molar refractivity (Wildman–Crippen MR) is 36.8 cm³/mol. The molecule has 0 fully saturated rings. The minimum atomic E-state index is -1.63. The number of carbonyl (C=O) groups is 2. The molecule has 0 aliphatic rings. The molecule has 11 heavy (non-hydrogen) atoms. The van der Waals surface area contributed by atoms with Gasteiger partial charge in [-0.2, -0.15) is 0 Å². The van der Waals surface area contributed by atoms with Crippen LogP contribution in [0.2, 0.25) is 0 Å². The summed E-state index contributed by atoms with van der Waals surface area (Å²) in [6.45, 7) is 0.585. The number of Topliss-reactive ketones (excluding diaryl/α,β-unsaturated/α-hetero) is 2. The Morgan fingerprint density at radius 1 is 1.45 bits per heavy atom. The van der Waals surface area contributed by atoms with Crippen LogP contribution in [0.3, 0.4) is 0 Å². The highest BCUT2D eigenvalue weighted by atomic mass is 16.3. The van der Waals surface area contributed by atoms with Crippen molar-refractivity contribution >= 4 is 11.6 Å². The maximum Gasteiger partial charge on any atom is 0.230 e. The van der Waals surface area contributed by atoms with Crippen molar-refractivity contribution in [2.24, 2.45) is 5.73 Å². The summed E-state index contributed by atoms with van der Waals surface area (Å²) in [6.07, 6.45) is -1.63. The predicted octanol–water partition coefficient (Wildman–Crippen LogP) is -2.17.